The van der Waals surface area contributed by atoms with Crippen molar-refractivity contribution in [3.63, 3.8) is 0 Å². The maximum Gasteiger partial charge on any atom is 0.309 e. The van der Waals surface area contributed by atoms with Crippen LogP contribution in [0, 0.1) is 35.5 Å². The van der Waals surface area contributed by atoms with E-state index in [1.807, 2.05) is 0 Å². The molecule has 3 aliphatic rings. The summed E-state index contributed by atoms with van der Waals surface area (Å²) in [7, 11) is 2.11. The summed E-state index contributed by atoms with van der Waals surface area (Å²) in [5, 5.41) is 0. The first-order valence-corrected chi connectivity index (χ1v) is 28.2. The van der Waals surface area contributed by atoms with Crippen LogP contribution < -0.4 is 0 Å². The maximum atomic E-state index is 13.9. The van der Waals surface area contributed by atoms with Crippen LogP contribution in [-0.4, -0.2) is 61.8 Å². The molecule has 7 nitrogen and oxygen atoms in total. The highest BCUT2D eigenvalue weighted by Crippen LogP contribution is 2.46. The van der Waals surface area contributed by atoms with Crippen molar-refractivity contribution >= 4 is 17.9 Å². The highest BCUT2D eigenvalue weighted by molar-refractivity contribution is 5.72. The molecule has 1 saturated heterocycles. The largest absolute Gasteiger partial charge is 0.466 e. The van der Waals surface area contributed by atoms with Gasteiger partial charge in [0.25, 0.3) is 0 Å². The summed E-state index contributed by atoms with van der Waals surface area (Å²) in [6.07, 6.45) is 44.9. The Morgan fingerprint density at radius 3 is 1.73 bits per heavy atom. The predicted octanol–water partition coefficient (Wildman–Crippen LogP) is 15.7. The molecular weight excluding hydrogens is 795 g/mol. The van der Waals surface area contributed by atoms with Crippen LogP contribution in [-0.2, 0) is 28.6 Å². The molecule has 2 saturated carbocycles. The molecule has 1 heterocycles. The number of allylic oxidation sites excluding steroid dienone is 2. The number of esters is 3. The molecule has 3 fully saturated rings. The minimum Gasteiger partial charge on any atom is -0.466 e. The molecule has 0 aromatic carbocycles. The number of ether oxygens (including phenoxy) is 3. The number of hydrogen-bond acceptors (Lipinski definition) is 7. The monoisotopic (exact) mass is 898 g/mol. The smallest absolute Gasteiger partial charge is 0.309 e. The first-order chi connectivity index (χ1) is 31.3. The van der Waals surface area contributed by atoms with Crippen molar-refractivity contribution in [1.82, 2.24) is 4.90 Å². The molecule has 372 valence electrons. The average molecular weight is 898 g/mol. The average Bonchev–Trinajstić information content (AvgIpc) is 3.74. The molecule has 7 heteroatoms. The van der Waals surface area contributed by atoms with Crippen molar-refractivity contribution in [3.8, 4) is 0 Å². The van der Waals surface area contributed by atoms with Gasteiger partial charge in [0, 0.05) is 31.7 Å². The van der Waals surface area contributed by atoms with Crippen molar-refractivity contribution < 1.29 is 28.6 Å². The Morgan fingerprint density at radius 1 is 0.594 bits per heavy atom. The van der Waals surface area contributed by atoms with E-state index in [0.717, 1.165) is 102 Å². The Labute approximate surface area is 395 Å². The van der Waals surface area contributed by atoms with Gasteiger partial charge in [-0.2, -0.15) is 0 Å². The fourth-order valence-corrected chi connectivity index (χ4v) is 11.1. The Balaban J connectivity index is 1.47. The van der Waals surface area contributed by atoms with E-state index < -0.39 is 0 Å². The second-order valence-corrected chi connectivity index (χ2v) is 21.2. The number of carbonyl (C=O) groups excluding carboxylic acids is 3. The Kier molecular flexibility index (Phi) is 31.9. The number of rotatable bonds is 41. The minimum absolute atomic E-state index is 0.0225. The third kappa shape index (κ3) is 25.9. The first kappa shape index (κ1) is 56.4. The summed E-state index contributed by atoms with van der Waals surface area (Å²) >= 11 is 0. The van der Waals surface area contributed by atoms with Crippen LogP contribution >= 0.6 is 0 Å². The summed E-state index contributed by atoms with van der Waals surface area (Å²) in [6, 6.07) is 0. The summed E-state index contributed by atoms with van der Waals surface area (Å²) in [6.45, 7) is 11.2. The highest BCUT2D eigenvalue weighted by atomic mass is 16.6. The molecule has 64 heavy (non-hydrogen) atoms. The summed E-state index contributed by atoms with van der Waals surface area (Å²) in [4.78, 5) is 42.6. The summed E-state index contributed by atoms with van der Waals surface area (Å²) in [5.41, 5.74) is 0. The minimum atomic E-state index is -0.219. The molecule has 0 amide bonds. The van der Waals surface area contributed by atoms with Crippen LogP contribution in [0.1, 0.15) is 259 Å². The van der Waals surface area contributed by atoms with E-state index in [2.05, 4.69) is 51.8 Å². The number of unbranched alkanes of at least 4 members (excludes halogenated alkanes) is 18. The second-order valence-electron chi connectivity index (χ2n) is 21.2. The number of carbonyl (C=O) groups is 3. The Hall–Kier alpha value is -1.89. The van der Waals surface area contributed by atoms with Crippen molar-refractivity contribution in [2.45, 2.75) is 271 Å². The summed E-state index contributed by atoms with van der Waals surface area (Å²) < 4.78 is 18.5. The van der Waals surface area contributed by atoms with E-state index in [1.165, 1.54) is 135 Å². The fraction of sp³-hybridized carbons (Fsp3) is 0.912. The molecule has 0 aromatic heterocycles. The molecule has 0 radical (unpaired) electrons. The highest BCUT2D eigenvalue weighted by Gasteiger charge is 2.40. The molecule has 2 aliphatic carbocycles. The van der Waals surface area contributed by atoms with Gasteiger partial charge in [-0.3, -0.25) is 14.4 Å². The van der Waals surface area contributed by atoms with E-state index in [-0.39, 0.29) is 54.5 Å². The lowest BCUT2D eigenvalue weighted by Gasteiger charge is -2.24. The van der Waals surface area contributed by atoms with Crippen molar-refractivity contribution in [2.24, 2.45) is 35.5 Å². The van der Waals surface area contributed by atoms with E-state index in [9.17, 15) is 14.4 Å². The van der Waals surface area contributed by atoms with Gasteiger partial charge in [0.05, 0.1) is 12.5 Å². The quantitative estimate of drug-likeness (QED) is 0.0262. The molecule has 8 unspecified atom stereocenters. The lowest BCUT2D eigenvalue weighted by atomic mass is 9.88. The third-order valence-electron chi connectivity index (χ3n) is 15.4. The van der Waals surface area contributed by atoms with Gasteiger partial charge in [0.1, 0.15) is 12.2 Å². The molecule has 3 rings (SSSR count). The number of likely N-dealkylation sites (tertiary alicyclic amines) is 1. The normalized spacial score (nSPS) is 23.1. The van der Waals surface area contributed by atoms with E-state index >= 15 is 0 Å². The Bertz CT molecular complexity index is 1220. The molecule has 0 aromatic rings. The first-order valence-electron chi connectivity index (χ1n) is 28.2. The van der Waals surface area contributed by atoms with E-state index in [1.54, 1.807) is 0 Å². The fourth-order valence-electron chi connectivity index (χ4n) is 11.1. The van der Waals surface area contributed by atoms with Crippen LogP contribution in [0.5, 0.6) is 0 Å². The standard InChI is InChI=1S/C57H103NO6/c1-6-10-14-17-21-27-32-48(31-26-16-12-8-3)57(61)63-52(35-30-24-20-19-23-29-34-50-44-49(50)33-28-22-18-15-11-7-2)40-42-62-55(59)45-51-37-38-54(53(51)36-25-13-9-4)64-56(60)43-47-39-41-58(5)46-47/h13,25,47-54H,6-12,14-24,26-46H2,1-5H3/b25-13-. The summed E-state index contributed by atoms with van der Waals surface area (Å²) in [5.74, 6) is 2.33. The number of hydrogen-bond donors (Lipinski definition) is 0. The molecule has 0 N–H and O–H groups in total. The zero-order valence-corrected chi connectivity index (χ0v) is 42.7. The second kappa shape index (κ2) is 36.2. The van der Waals surface area contributed by atoms with Gasteiger partial charge in [-0.15, -0.1) is 0 Å². The molecule has 0 bridgehead atoms. The SMILES string of the molecule is CC/C=C\CC1C(CC(=O)OCCC(CCCCCCCCC2CC2CCCCCCCC)OC(=O)C(CCCCCC)CCCCCCCC)CCC1OC(=O)CC1CCN(C)C1. The van der Waals surface area contributed by atoms with Crippen molar-refractivity contribution in [1.29, 1.82) is 0 Å². The van der Waals surface area contributed by atoms with Crippen LogP contribution in [0.15, 0.2) is 12.2 Å². The molecule has 0 spiro atoms. The predicted molar refractivity (Wildman–Crippen MR) is 267 cm³/mol. The molecule has 1 aliphatic heterocycles. The van der Waals surface area contributed by atoms with E-state index in [4.69, 9.17) is 14.2 Å². The zero-order chi connectivity index (χ0) is 46.0. The van der Waals surface area contributed by atoms with Crippen molar-refractivity contribution in [3.05, 3.63) is 12.2 Å². The zero-order valence-electron chi connectivity index (χ0n) is 42.7. The van der Waals surface area contributed by atoms with Crippen LogP contribution in [0.4, 0.5) is 0 Å². The van der Waals surface area contributed by atoms with Crippen molar-refractivity contribution in [2.75, 3.05) is 26.7 Å². The van der Waals surface area contributed by atoms with E-state index in [0.29, 0.717) is 25.2 Å². The molecular formula is C57H103NO6. The van der Waals surface area contributed by atoms with Gasteiger partial charge in [0.2, 0.25) is 0 Å². The topological polar surface area (TPSA) is 82.1 Å². The van der Waals surface area contributed by atoms with Crippen LogP contribution in [0.3, 0.4) is 0 Å². The lowest BCUT2D eigenvalue weighted by molar-refractivity contribution is -0.157. The van der Waals surface area contributed by atoms with Gasteiger partial charge >= 0.3 is 17.9 Å². The van der Waals surface area contributed by atoms with Gasteiger partial charge in [-0.05, 0) is 101 Å². The Morgan fingerprint density at radius 2 is 1.16 bits per heavy atom. The van der Waals surface area contributed by atoms with Gasteiger partial charge in [0.15, 0.2) is 0 Å². The van der Waals surface area contributed by atoms with Gasteiger partial charge in [-0.25, -0.2) is 0 Å². The number of nitrogens with zero attached hydrogens (tertiary/aromatic N) is 1. The lowest BCUT2D eigenvalue weighted by Crippen LogP contribution is -2.28. The van der Waals surface area contributed by atoms with Crippen LogP contribution in [0.2, 0.25) is 0 Å². The molecule has 8 atom stereocenters. The van der Waals surface area contributed by atoms with Gasteiger partial charge < -0.3 is 19.1 Å². The maximum absolute atomic E-state index is 13.9. The third-order valence-corrected chi connectivity index (χ3v) is 15.4. The van der Waals surface area contributed by atoms with Gasteiger partial charge in [-0.1, -0.05) is 188 Å². The van der Waals surface area contributed by atoms with Crippen LogP contribution in [0.25, 0.3) is 0 Å².